The number of benzene rings is 2. The Hall–Kier alpha value is -2.09. The van der Waals surface area contributed by atoms with Crippen LogP contribution in [-0.2, 0) is 0 Å². The minimum atomic E-state index is -0.894. The normalized spacial score (nSPS) is 10.1. The van der Waals surface area contributed by atoms with Crippen LogP contribution in [0.2, 0.25) is 0 Å². The number of carboxylic acid groups (broad SMARTS) is 1. The maximum Gasteiger partial charge on any atom is 0.335 e. The highest BCUT2D eigenvalue weighted by Gasteiger charge is 2.04. The Kier molecular flexibility index (Phi) is 2.73. The second-order valence-electron chi connectivity index (χ2n) is 3.76. The average Bonchev–Trinajstić information content (AvgIpc) is 2.29. The SMILES string of the molecule is Cc1cccc(-c2cccc(C(=O)O)c2)c1. The number of carbonyl (C=O) groups is 1. The van der Waals surface area contributed by atoms with Crippen molar-refractivity contribution in [3.63, 3.8) is 0 Å². The van der Waals surface area contributed by atoms with Gasteiger partial charge in [-0.2, -0.15) is 0 Å². The number of aromatic carboxylic acids is 1. The molecule has 80 valence electrons. The summed E-state index contributed by atoms with van der Waals surface area (Å²) in [5.74, 6) is -0.894. The molecule has 2 rings (SSSR count). The molecule has 0 heterocycles. The van der Waals surface area contributed by atoms with Gasteiger partial charge in [0.05, 0.1) is 5.56 Å². The maximum absolute atomic E-state index is 10.9. The summed E-state index contributed by atoms with van der Waals surface area (Å²) >= 11 is 0. The van der Waals surface area contributed by atoms with E-state index in [2.05, 4.69) is 0 Å². The van der Waals surface area contributed by atoms with Gasteiger partial charge in [0, 0.05) is 0 Å². The van der Waals surface area contributed by atoms with E-state index in [1.54, 1.807) is 18.2 Å². The van der Waals surface area contributed by atoms with Crippen LogP contribution in [0.15, 0.2) is 48.5 Å². The molecule has 2 aromatic carbocycles. The molecule has 0 saturated carbocycles. The van der Waals surface area contributed by atoms with Gasteiger partial charge in [-0.3, -0.25) is 0 Å². The average molecular weight is 212 g/mol. The largest absolute Gasteiger partial charge is 0.478 e. The molecular formula is C14H12O2. The van der Waals surface area contributed by atoms with Crippen LogP contribution >= 0.6 is 0 Å². The first-order chi connectivity index (χ1) is 7.66. The lowest BCUT2D eigenvalue weighted by Crippen LogP contribution is -1.95. The molecule has 0 bridgehead atoms. The van der Waals surface area contributed by atoms with Gasteiger partial charge in [-0.25, -0.2) is 4.79 Å². The summed E-state index contributed by atoms with van der Waals surface area (Å²) in [6, 6.07) is 15.0. The molecule has 2 heteroatoms. The lowest BCUT2D eigenvalue weighted by atomic mass is 10.0. The quantitative estimate of drug-likeness (QED) is 0.828. The van der Waals surface area contributed by atoms with E-state index in [9.17, 15) is 4.79 Å². The Labute approximate surface area is 94.2 Å². The number of hydrogen-bond acceptors (Lipinski definition) is 1. The van der Waals surface area contributed by atoms with Crippen LogP contribution in [-0.4, -0.2) is 11.1 Å². The Morgan fingerprint density at radius 3 is 2.25 bits per heavy atom. The summed E-state index contributed by atoms with van der Waals surface area (Å²) in [5.41, 5.74) is 3.46. The van der Waals surface area contributed by atoms with Gasteiger partial charge in [0.2, 0.25) is 0 Å². The molecule has 0 spiro atoms. The fourth-order valence-electron chi connectivity index (χ4n) is 1.66. The molecule has 2 aromatic rings. The molecule has 0 aliphatic heterocycles. The van der Waals surface area contributed by atoms with Crippen LogP contribution in [0.5, 0.6) is 0 Å². The molecular weight excluding hydrogens is 200 g/mol. The molecule has 0 aliphatic rings. The molecule has 0 amide bonds. The molecule has 16 heavy (non-hydrogen) atoms. The Bertz CT molecular complexity index is 530. The Morgan fingerprint density at radius 1 is 1.00 bits per heavy atom. The Balaban J connectivity index is 2.48. The standard InChI is InChI=1S/C14H12O2/c1-10-4-2-5-11(8-10)12-6-3-7-13(9-12)14(15)16/h2-9H,1H3,(H,15,16). The zero-order valence-corrected chi connectivity index (χ0v) is 8.97. The molecule has 1 N–H and O–H groups in total. The lowest BCUT2D eigenvalue weighted by molar-refractivity contribution is 0.0697. The van der Waals surface area contributed by atoms with E-state index in [0.717, 1.165) is 11.1 Å². The monoisotopic (exact) mass is 212 g/mol. The Morgan fingerprint density at radius 2 is 1.62 bits per heavy atom. The molecule has 0 fully saturated rings. The van der Waals surface area contributed by atoms with Crippen LogP contribution < -0.4 is 0 Å². The molecule has 0 saturated heterocycles. The van der Waals surface area contributed by atoms with Gasteiger partial charge in [0.25, 0.3) is 0 Å². The van der Waals surface area contributed by atoms with Crippen LogP contribution in [0.25, 0.3) is 11.1 Å². The molecule has 0 unspecified atom stereocenters. The minimum Gasteiger partial charge on any atom is -0.478 e. The van der Waals surface area contributed by atoms with Crippen LogP contribution in [0.4, 0.5) is 0 Å². The van der Waals surface area contributed by atoms with Gasteiger partial charge in [0.15, 0.2) is 0 Å². The van der Waals surface area contributed by atoms with Crippen LogP contribution in [0.3, 0.4) is 0 Å². The first-order valence-corrected chi connectivity index (χ1v) is 5.07. The topological polar surface area (TPSA) is 37.3 Å². The fraction of sp³-hybridized carbons (Fsp3) is 0.0714. The lowest BCUT2D eigenvalue weighted by Gasteiger charge is -2.03. The summed E-state index contributed by atoms with van der Waals surface area (Å²) in [4.78, 5) is 10.9. The smallest absolute Gasteiger partial charge is 0.335 e. The number of hydrogen-bond donors (Lipinski definition) is 1. The van der Waals surface area contributed by atoms with Crippen LogP contribution in [0, 0.1) is 6.92 Å². The highest BCUT2D eigenvalue weighted by Crippen LogP contribution is 2.21. The highest BCUT2D eigenvalue weighted by molar-refractivity contribution is 5.89. The molecule has 0 aliphatic carbocycles. The van der Waals surface area contributed by atoms with Crippen LogP contribution in [0.1, 0.15) is 15.9 Å². The van der Waals surface area contributed by atoms with Gasteiger partial charge in [0.1, 0.15) is 0 Å². The van der Waals surface area contributed by atoms with Crippen molar-refractivity contribution in [1.82, 2.24) is 0 Å². The second kappa shape index (κ2) is 4.19. The van der Waals surface area contributed by atoms with Gasteiger partial charge in [-0.15, -0.1) is 0 Å². The third kappa shape index (κ3) is 2.11. The van der Waals surface area contributed by atoms with E-state index in [0.29, 0.717) is 5.56 Å². The van der Waals surface area contributed by atoms with E-state index >= 15 is 0 Å². The summed E-state index contributed by atoms with van der Waals surface area (Å²) in [7, 11) is 0. The third-order valence-corrected chi connectivity index (χ3v) is 2.46. The molecule has 0 aromatic heterocycles. The maximum atomic E-state index is 10.9. The van der Waals surface area contributed by atoms with Crippen molar-refractivity contribution in [2.75, 3.05) is 0 Å². The molecule has 2 nitrogen and oxygen atoms in total. The minimum absolute atomic E-state index is 0.319. The summed E-state index contributed by atoms with van der Waals surface area (Å²) < 4.78 is 0. The van der Waals surface area contributed by atoms with Crippen molar-refractivity contribution in [3.8, 4) is 11.1 Å². The van der Waals surface area contributed by atoms with Crippen molar-refractivity contribution in [2.45, 2.75) is 6.92 Å². The summed E-state index contributed by atoms with van der Waals surface area (Å²) in [5, 5.41) is 8.91. The predicted molar refractivity (Wildman–Crippen MR) is 63.6 cm³/mol. The number of carboxylic acids is 1. The summed E-state index contributed by atoms with van der Waals surface area (Å²) in [6.45, 7) is 2.02. The van der Waals surface area contributed by atoms with Crippen molar-refractivity contribution in [3.05, 3.63) is 59.7 Å². The van der Waals surface area contributed by atoms with Gasteiger partial charge < -0.3 is 5.11 Å². The van der Waals surface area contributed by atoms with Crippen molar-refractivity contribution in [2.24, 2.45) is 0 Å². The van der Waals surface area contributed by atoms with Gasteiger partial charge in [-0.05, 0) is 30.2 Å². The fourth-order valence-corrected chi connectivity index (χ4v) is 1.66. The first kappa shape index (κ1) is 10.4. The number of rotatable bonds is 2. The first-order valence-electron chi connectivity index (χ1n) is 5.07. The van der Waals surface area contributed by atoms with Crippen molar-refractivity contribution < 1.29 is 9.90 Å². The second-order valence-corrected chi connectivity index (χ2v) is 3.76. The van der Waals surface area contributed by atoms with Gasteiger partial charge >= 0.3 is 5.97 Å². The van der Waals surface area contributed by atoms with E-state index in [1.165, 1.54) is 5.56 Å². The van der Waals surface area contributed by atoms with E-state index in [1.807, 2.05) is 37.3 Å². The molecule has 0 atom stereocenters. The zero-order valence-electron chi connectivity index (χ0n) is 8.97. The zero-order chi connectivity index (χ0) is 11.5. The highest BCUT2D eigenvalue weighted by atomic mass is 16.4. The van der Waals surface area contributed by atoms with E-state index < -0.39 is 5.97 Å². The number of aryl methyl sites for hydroxylation is 1. The van der Waals surface area contributed by atoms with E-state index in [4.69, 9.17) is 5.11 Å². The third-order valence-electron chi connectivity index (χ3n) is 2.46. The predicted octanol–water partition coefficient (Wildman–Crippen LogP) is 3.36. The van der Waals surface area contributed by atoms with Crippen molar-refractivity contribution >= 4 is 5.97 Å². The van der Waals surface area contributed by atoms with E-state index in [-0.39, 0.29) is 0 Å². The van der Waals surface area contributed by atoms with Gasteiger partial charge in [-0.1, -0.05) is 42.0 Å². The molecule has 0 radical (unpaired) electrons. The summed E-state index contributed by atoms with van der Waals surface area (Å²) in [6.07, 6.45) is 0. The van der Waals surface area contributed by atoms with Crippen molar-refractivity contribution in [1.29, 1.82) is 0 Å².